The van der Waals surface area contributed by atoms with Crippen LogP contribution in [0.15, 0.2) is 53.7 Å². The van der Waals surface area contributed by atoms with E-state index in [0.717, 1.165) is 10.5 Å². The molecule has 3 aromatic rings. The first kappa shape index (κ1) is 17.7. The Bertz CT molecular complexity index is 977. The molecule has 0 unspecified atom stereocenters. The maximum Gasteiger partial charge on any atom is 0.219 e. The summed E-state index contributed by atoms with van der Waals surface area (Å²) < 4.78 is 31.5. The molecule has 0 fully saturated rings. The minimum Gasteiger partial charge on any atom is -0.368 e. The molecule has 3 N–H and O–H groups in total. The van der Waals surface area contributed by atoms with Crippen LogP contribution in [-0.2, 0) is 0 Å². The van der Waals surface area contributed by atoms with Crippen LogP contribution in [0.4, 0.5) is 20.4 Å². The normalized spacial score (nSPS) is 10.1. The molecule has 7 heteroatoms. The van der Waals surface area contributed by atoms with E-state index in [2.05, 4.69) is 26.5 Å². The van der Waals surface area contributed by atoms with Crippen molar-refractivity contribution in [1.82, 2.24) is 9.97 Å². The first-order valence-corrected chi connectivity index (χ1v) is 8.41. The van der Waals surface area contributed by atoms with Crippen molar-refractivity contribution >= 4 is 23.6 Å². The van der Waals surface area contributed by atoms with Crippen molar-refractivity contribution in [1.29, 1.82) is 0 Å². The Morgan fingerprint density at radius 1 is 1.00 bits per heavy atom. The van der Waals surface area contributed by atoms with Gasteiger partial charge in [-0.2, -0.15) is 0 Å². The summed E-state index contributed by atoms with van der Waals surface area (Å²) in [7, 11) is 0. The zero-order valence-electron chi connectivity index (χ0n) is 13.8. The van der Waals surface area contributed by atoms with E-state index >= 15 is 0 Å². The smallest absolute Gasteiger partial charge is 0.219 e. The van der Waals surface area contributed by atoms with Crippen LogP contribution < -0.4 is 10.5 Å². The molecule has 0 aliphatic carbocycles. The summed E-state index contributed by atoms with van der Waals surface area (Å²) in [5.41, 5.74) is 6.75. The number of nitrogens with one attached hydrogen (secondary N) is 1. The van der Waals surface area contributed by atoms with E-state index in [1.54, 1.807) is 0 Å². The second-order valence-electron chi connectivity index (χ2n) is 5.38. The van der Waals surface area contributed by atoms with Gasteiger partial charge in [0, 0.05) is 17.3 Å². The lowest BCUT2D eigenvalue weighted by Gasteiger charge is -2.08. The highest BCUT2D eigenvalue weighted by atomic mass is 32.2. The molecule has 0 aliphatic rings. The Balaban J connectivity index is 1.82. The van der Waals surface area contributed by atoms with Crippen molar-refractivity contribution < 1.29 is 8.78 Å². The second kappa shape index (κ2) is 7.85. The van der Waals surface area contributed by atoms with Crippen molar-refractivity contribution in [3.05, 3.63) is 77.1 Å². The Morgan fingerprint density at radius 2 is 1.69 bits per heavy atom. The third-order valence-corrected chi connectivity index (χ3v) is 4.22. The summed E-state index contributed by atoms with van der Waals surface area (Å²) >= 11 is 1.23. The average molecular weight is 368 g/mol. The van der Waals surface area contributed by atoms with Gasteiger partial charge in [0.15, 0.2) is 5.82 Å². The number of aromatic nitrogens is 2. The lowest BCUT2D eigenvalue weighted by Crippen LogP contribution is -1.97. The lowest BCUT2D eigenvalue weighted by molar-refractivity contribution is 0.580. The molecule has 0 bridgehead atoms. The molecule has 1 aromatic heterocycles. The number of hydrogen-bond donors (Lipinski definition) is 2. The Labute approximate surface area is 154 Å². The van der Waals surface area contributed by atoms with E-state index in [1.165, 1.54) is 36.5 Å². The van der Waals surface area contributed by atoms with Crippen LogP contribution in [0.2, 0.25) is 0 Å². The molecule has 0 saturated heterocycles. The van der Waals surface area contributed by atoms with Gasteiger partial charge in [-0.3, -0.25) is 0 Å². The first-order valence-electron chi connectivity index (χ1n) is 7.60. The quantitative estimate of drug-likeness (QED) is 0.537. The van der Waals surface area contributed by atoms with Crippen LogP contribution in [-0.4, -0.2) is 9.97 Å². The van der Waals surface area contributed by atoms with Crippen LogP contribution in [0.3, 0.4) is 0 Å². The van der Waals surface area contributed by atoms with Gasteiger partial charge in [0.25, 0.3) is 0 Å². The summed E-state index contributed by atoms with van der Waals surface area (Å²) in [6.45, 7) is 1.98. The van der Waals surface area contributed by atoms with Crippen molar-refractivity contribution in [2.75, 3.05) is 10.5 Å². The van der Waals surface area contributed by atoms with Crippen molar-refractivity contribution in [3.63, 3.8) is 0 Å². The minimum atomic E-state index is -0.756. The molecule has 130 valence electrons. The topological polar surface area (TPSA) is 63.8 Å². The number of hydrogen-bond acceptors (Lipinski definition) is 5. The average Bonchev–Trinajstić information content (AvgIpc) is 2.64. The highest BCUT2D eigenvalue weighted by molar-refractivity contribution is 8.00. The predicted octanol–water partition coefficient (Wildman–Crippen LogP) is 4.16. The predicted molar refractivity (Wildman–Crippen MR) is 99.4 cm³/mol. The number of anilines is 2. The number of aryl methyl sites for hydroxylation is 1. The molecule has 3 rings (SSSR count). The summed E-state index contributed by atoms with van der Waals surface area (Å²) in [5.74, 6) is 3.73. The van der Waals surface area contributed by atoms with Crippen molar-refractivity contribution in [2.24, 2.45) is 0 Å². The maximum absolute atomic E-state index is 14.6. The van der Waals surface area contributed by atoms with E-state index in [0.29, 0.717) is 5.56 Å². The highest BCUT2D eigenvalue weighted by Crippen LogP contribution is 2.26. The summed E-state index contributed by atoms with van der Waals surface area (Å²) in [6.07, 6.45) is 2.78. The first-order chi connectivity index (χ1) is 12.5. The summed E-state index contributed by atoms with van der Waals surface area (Å²) in [5, 5.41) is 0. The van der Waals surface area contributed by atoms with E-state index in [1.807, 2.05) is 31.2 Å². The fourth-order valence-electron chi connectivity index (χ4n) is 2.00. The van der Waals surface area contributed by atoms with Gasteiger partial charge in [0.05, 0.1) is 16.8 Å². The van der Waals surface area contributed by atoms with E-state index in [-0.39, 0.29) is 17.2 Å². The zero-order chi connectivity index (χ0) is 18.5. The molecule has 0 amide bonds. The van der Waals surface area contributed by atoms with Crippen LogP contribution in [0.1, 0.15) is 16.7 Å². The maximum atomic E-state index is 14.6. The fraction of sp³-hybridized carbons (Fsp3) is 0.0526. The molecule has 26 heavy (non-hydrogen) atoms. The van der Waals surface area contributed by atoms with E-state index in [9.17, 15) is 8.78 Å². The summed E-state index contributed by atoms with van der Waals surface area (Å²) in [6, 6.07) is 10.2. The molecule has 1 heterocycles. The monoisotopic (exact) mass is 368 g/mol. The molecule has 0 atom stereocenters. The minimum absolute atomic E-state index is 0.104. The van der Waals surface area contributed by atoms with Crippen LogP contribution in [0.25, 0.3) is 0 Å². The van der Waals surface area contributed by atoms with Gasteiger partial charge in [-0.25, -0.2) is 18.7 Å². The fourth-order valence-corrected chi connectivity index (χ4v) is 2.66. The third-order valence-electron chi connectivity index (χ3n) is 3.39. The molecule has 0 aliphatic heterocycles. The molecule has 2 aromatic carbocycles. The molecule has 0 saturated carbocycles. The SMILES string of the molecule is Cc1ccc(SNc2ccc(F)c(C#Cc3cnc(N)nc3)c2F)cc1. The van der Waals surface area contributed by atoms with Gasteiger partial charge in [-0.1, -0.05) is 29.5 Å². The van der Waals surface area contributed by atoms with E-state index in [4.69, 9.17) is 5.73 Å². The second-order valence-corrected chi connectivity index (χ2v) is 6.26. The van der Waals surface area contributed by atoms with Gasteiger partial charge in [-0.15, -0.1) is 0 Å². The molecule has 4 nitrogen and oxygen atoms in total. The Hall–Kier alpha value is -3.11. The van der Waals surface area contributed by atoms with Crippen molar-refractivity contribution in [3.8, 4) is 11.8 Å². The van der Waals surface area contributed by atoms with Gasteiger partial charge in [0.2, 0.25) is 5.95 Å². The molecule has 0 spiro atoms. The van der Waals surface area contributed by atoms with Crippen LogP contribution >= 0.6 is 11.9 Å². The van der Waals surface area contributed by atoms with Crippen LogP contribution in [0.5, 0.6) is 0 Å². The highest BCUT2D eigenvalue weighted by Gasteiger charge is 2.12. The number of nitrogen functional groups attached to an aromatic ring is 1. The molecular weight excluding hydrogens is 354 g/mol. The number of benzene rings is 2. The summed E-state index contributed by atoms with van der Waals surface area (Å²) in [4.78, 5) is 8.48. The standard InChI is InChI=1S/C19H14F2N4S/c1-12-2-5-14(6-3-12)26-25-17-9-8-16(20)15(18(17)21)7-4-13-10-23-19(22)24-11-13/h2-3,5-6,8-11,25H,1H3,(H2,22,23,24). The molecule has 0 radical (unpaired) electrons. The van der Waals surface area contributed by atoms with Crippen LogP contribution in [0, 0.1) is 30.4 Å². The lowest BCUT2D eigenvalue weighted by atomic mass is 10.1. The van der Waals surface area contributed by atoms with Gasteiger partial charge in [-0.05, 0) is 43.1 Å². The number of nitrogens with two attached hydrogens (primary N) is 1. The van der Waals surface area contributed by atoms with Gasteiger partial charge >= 0.3 is 0 Å². The Morgan fingerprint density at radius 3 is 2.38 bits per heavy atom. The number of halogens is 2. The number of nitrogens with zero attached hydrogens (tertiary/aromatic N) is 2. The third kappa shape index (κ3) is 4.29. The van der Waals surface area contributed by atoms with Crippen molar-refractivity contribution in [2.45, 2.75) is 11.8 Å². The number of rotatable bonds is 3. The zero-order valence-corrected chi connectivity index (χ0v) is 14.6. The van der Waals surface area contributed by atoms with Gasteiger partial charge < -0.3 is 10.5 Å². The Kier molecular flexibility index (Phi) is 5.34. The molecular formula is C19H14F2N4S. The van der Waals surface area contributed by atoms with E-state index < -0.39 is 11.6 Å². The van der Waals surface area contributed by atoms with Gasteiger partial charge in [0.1, 0.15) is 5.82 Å². The largest absolute Gasteiger partial charge is 0.368 e.